The van der Waals surface area contributed by atoms with Crippen molar-refractivity contribution in [3.8, 4) is 5.75 Å². The number of rotatable bonds is 3. The van der Waals surface area contributed by atoms with Crippen LogP contribution >= 0.6 is 22.6 Å². The average molecular weight is 302 g/mol. The molecular formula is C9H7IN2O2. The molecular weight excluding hydrogens is 295 g/mol. The van der Waals surface area contributed by atoms with Crippen molar-refractivity contribution in [2.75, 3.05) is 0 Å². The number of aromatic nitrogens is 2. The molecule has 14 heavy (non-hydrogen) atoms. The predicted molar refractivity (Wildman–Crippen MR) is 57.8 cm³/mol. The summed E-state index contributed by atoms with van der Waals surface area (Å²) in [7, 11) is 0. The molecule has 0 aliphatic heterocycles. The summed E-state index contributed by atoms with van der Waals surface area (Å²) < 4.78 is 11.2. The second-order valence-electron chi connectivity index (χ2n) is 2.59. The topological polar surface area (TPSA) is 48.2 Å². The van der Waals surface area contributed by atoms with E-state index in [9.17, 15) is 0 Å². The van der Waals surface area contributed by atoms with E-state index in [0.29, 0.717) is 12.4 Å². The summed E-state index contributed by atoms with van der Waals surface area (Å²) in [5, 5.41) is 3.64. The van der Waals surface area contributed by atoms with Gasteiger partial charge in [-0.1, -0.05) is 11.2 Å². The molecule has 4 nitrogen and oxygen atoms in total. The zero-order valence-electron chi connectivity index (χ0n) is 7.18. The van der Waals surface area contributed by atoms with Gasteiger partial charge in [0.05, 0.1) is 0 Å². The van der Waals surface area contributed by atoms with Crippen LogP contribution in [0.25, 0.3) is 0 Å². The highest BCUT2D eigenvalue weighted by Gasteiger charge is 1.99. The fraction of sp³-hybridized carbons (Fsp3) is 0.111. The fourth-order valence-corrected chi connectivity index (χ4v) is 1.48. The first-order chi connectivity index (χ1) is 6.84. The molecule has 0 amide bonds. The van der Waals surface area contributed by atoms with Crippen molar-refractivity contribution in [1.29, 1.82) is 0 Å². The van der Waals surface area contributed by atoms with Gasteiger partial charge in [-0.05, 0) is 40.8 Å². The minimum atomic E-state index is 0.330. The van der Waals surface area contributed by atoms with E-state index < -0.39 is 0 Å². The van der Waals surface area contributed by atoms with E-state index in [1.807, 2.05) is 24.3 Å². The molecule has 1 aromatic heterocycles. The Bertz CT molecular complexity index is 403. The van der Waals surface area contributed by atoms with Gasteiger partial charge in [0, 0.05) is 3.57 Å². The predicted octanol–water partition coefficient (Wildman–Crippen LogP) is 2.25. The monoisotopic (exact) mass is 302 g/mol. The Kier molecular flexibility index (Phi) is 2.97. The molecule has 1 aromatic carbocycles. The number of ether oxygens (including phenoxy) is 1. The molecule has 0 atom stereocenters. The minimum absolute atomic E-state index is 0.330. The third kappa shape index (κ3) is 2.44. The first kappa shape index (κ1) is 9.45. The van der Waals surface area contributed by atoms with Gasteiger partial charge < -0.3 is 9.26 Å². The summed E-state index contributed by atoms with van der Waals surface area (Å²) in [6, 6.07) is 7.78. The lowest BCUT2D eigenvalue weighted by atomic mass is 10.3. The quantitative estimate of drug-likeness (QED) is 0.816. The van der Waals surface area contributed by atoms with E-state index in [1.165, 1.54) is 6.39 Å². The smallest absolute Gasteiger partial charge is 0.213 e. The van der Waals surface area contributed by atoms with Crippen LogP contribution in [0.4, 0.5) is 0 Å². The molecule has 2 aromatic rings. The van der Waals surface area contributed by atoms with Gasteiger partial charge in [0.1, 0.15) is 5.75 Å². The van der Waals surface area contributed by atoms with E-state index in [2.05, 4.69) is 37.3 Å². The van der Waals surface area contributed by atoms with Gasteiger partial charge in [0.2, 0.25) is 12.2 Å². The molecule has 0 N–H and O–H groups in total. The third-order valence-electron chi connectivity index (χ3n) is 1.57. The average Bonchev–Trinajstić information content (AvgIpc) is 2.67. The summed E-state index contributed by atoms with van der Waals surface area (Å²) in [5.74, 6) is 1.35. The highest BCUT2D eigenvalue weighted by Crippen LogP contribution is 2.15. The Morgan fingerprint density at radius 3 is 3.07 bits per heavy atom. The molecule has 0 radical (unpaired) electrons. The van der Waals surface area contributed by atoms with Crippen LogP contribution in [0.2, 0.25) is 0 Å². The first-order valence-electron chi connectivity index (χ1n) is 3.98. The summed E-state index contributed by atoms with van der Waals surface area (Å²) in [4.78, 5) is 3.85. The Morgan fingerprint density at radius 2 is 2.36 bits per heavy atom. The maximum absolute atomic E-state index is 5.44. The lowest BCUT2D eigenvalue weighted by Gasteiger charge is -2.02. The van der Waals surface area contributed by atoms with E-state index in [0.717, 1.165) is 9.32 Å². The Labute approximate surface area is 94.4 Å². The van der Waals surface area contributed by atoms with Crippen molar-refractivity contribution in [2.45, 2.75) is 6.61 Å². The van der Waals surface area contributed by atoms with Crippen LogP contribution in [-0.2, 0) is 6.61 Å². The second-order valence-corrected chi connectivity index (χ2v) is 3.84. The molecule has 2 rings (SSSR count). The number of hydrogen-bond acceptors (Lipinski definition) is 4. The van der Waals surface area contributed by atoms with E-state index in [1.54, 1.807) is 0 Å². The van der Waals surface area contributed by atoms with Crippen LogP contribution in [0, 0.1) is 3.57 Å². The maximum atomic E-state index is 5.44. The molecule has 0 saturated carbocycles. The second kappa shape index (κ2) is 4.41. The van der Waals surface area contributed by atoms with E-state index >= 15 is 0 Å². The van der Waals surface area contributed by atoms with Gasteiger partial charge in [-0.15, -0.1) is 0 Å². The van der Waals surface area contributed by atoms with Gasteiger partial charge in [-0.25, -0.2) is 0 Å². The van der Waals surface area contributed by atoms with Crippen molar-refractivity contribution in [1.82, 2.24) is 10.1 Å². The largest absolute Gasteiger partial charge is 0.485 e. The normalized spacial score (nSPS) is 10.1. The number of hydrogen-bond donors (Lipinski definition) is 0. The molecule has 0 bridgehead atoms. The SMILES string of the molecule is Ic1cccc(OCc2ncon2)c1. The van der Waals surface area contributed by atoms with Crippen LogP contribution in [0.5, 0.6) is 5.75 Å². The lowest BCUT2D eigenvalue weighted by molar-refractivity contribution is 0.286. The molecule has 5 heteroatoms. The standard InChI is InChI=1S/C9H7IN2O2/c10-7-2-1-3-8(4-7)13-5-9-11-6-14-12-9/h1-4,6H,5H2. The molecule has 1 heterocycles. The maximum Gasteiger partial charge on any atom is 0.213 e. The molecule has 0 aliphatic carbocycles. The van der Waals surface area contributed by atoms with Crippen molar-refractivity contribution in [3.63, 3.8) is 0 Å². The van der Waals surface area contributed by atoms with Gasteiger partial charge >= 0.3 is 0 Å². The molecule has 0 spiro atoms. The summed E-state index contributed by atoms with van der Waals surface area (Å²) in [6.45, 7) is 0.330. The summed E-state index contributed by atoms with van der Waals surface area (Å²) in [5.41, 5.74) is 0. The van der Waals surface area contributed by atoms with Gasteiger partial charge in [0.25, 0.3) is 0 Å². The van der Waals surface area contributed by atoms with Crippen LogP contribution in [0.15, 0.2) is 35.2 Å². The van der Waals surface area contributed by atoms with Crippen molar-refractivity contribution in [2.24, 2.45) is 0 Å². The highest BCUT2D eigenvalue weighted by molar-refractivity contribution is 14.1. The zero-order chi connectivity index (χ0) is 9.80. The number of nitrogens with zero attached hydrogens (tertiary/aromatic N) is 2. The van der Waals surface area contributed by atoms with E-state index in [-0.39, 0.29) is 0 Å². The first-order valence-corrected chi connectivity index (χ1v) is 5.06. The minimum Gasteiger partial charge on any atom is -0.485 e. The molecule has 0 saturated heterocycles. The van der Waals surface area contributed by atoms with Crippen molar-refractivity contribution < 1.29 is 9.26 Å². The number of benzene rings is 1. The zero-order valence-corrected chi connectivity index (χ0v) is 9.34. The highest BCUT2D eigenvalue weighted by atomic mass is 127. The summed E-state index contributed by atoms with van der Waals surface area (Å²) >= 11 is 2.23. The van der Waals surface area contributed by atoms with Gasteiger partial charge in [-0.3, -0.25) is 0 Å². The van der Waals surface area contributed by atoms with Crippen LogP contribution in [0.1, 0.15) is 5.82 Å². The summed E-state index contributed by atoms with van der Waals surface area (Å²) in [6.07, 6.45) is 1.29. The van der Waals surface area contributed by atoms with Gasteiger partial charge in [0.15, 0.2) is 6.61 Å². The fourth-order valence-electron chi connectivity index (χ4n) is 0.961. The van der Waals surface area contributed by atoms with Crippen molar-refractivity contribution in [3.05, 3.63) is 40.1 Å². The lowest BCUT2D eigenvalue weighted by Crippen LogP contribution is -1.97. The Morgan fingerprint density at radius 1 is 1.43 bits per heavy atom. The van der Waals surface area contributed by atoms with Crippen LogP contribution in [0.3, 0.4) is 0 Å². The van der Waals surface area contributed by atoms with Crippen LogP contribution < -0.4 is 4.74 Å². The Hall–Kier alpha value is -1.11. The Balaban J connectivity index is 1.98. The van der Waals surface area contributed by atoms with E-state index in [4.69, 9.17) is 4.74 Å². The van der Waals surface area contributed by atoms with Crippen molar-refractivity contribution >= 4 is 22.6 Å². The van der Waals surface area contributed by atoms with Crippen LogP contribution in [-0.4, -0.2) is 10.1 Å². The molecule has 0 unspecified atom stereocenters. The molecule has 0 aliphatic rings. The molecule has 72 valence electrons. The number of halogens is 1. The molecule has 0 fully saturated rings. The third-order valence-corrected chi connectivity index (χ3v) is 2.24. The van der Waals surface area contributed by atoms with Gasteiger partial charge in [-0.2, -0.15) is 4.98 Å².